The highest BCUT2D eigenvalue weighted by molar-refractivity contribution is 5.85. The molecule has 1 atom stereocenters. The van der Waals surface area contributed by atoms with Crippen molar-refractivity contribution >= 4 is 11.9 Å². The highest BCUT2D eigenvalue weighted by atomic mass is 16.4. The summed E-state index contributed by atoms with van der Waals surface area (Å²) >= 11 is 0. The maximum Gasteiger partial charge on any atom is 0.326 e. The molecule has 0 aliphatic heterocycles. The predicted molar refractivity (Wildman–Crippen MR) is 127 cm³/mol. The van der Waals surface area contributed by atoms with E-state index in [4.69, 9.17) is 0 Å². The van der Waals surface area contributed by atoms with Gasteiger partial charge in [-0.1, -0.05) is 97.1 Å². The van der Waals surface area contributed by atoms with Crippen LogP contribution in [0, 0.1) is 0 Å². The Morgan fingerprint density at radius 3 is 1.66 bits per heavy atom. The number of carboxylic acid groups (broad SMARTS) is 1. The van der Waals surface area contributed by atoms with E-state index >= 15 is 0 Å². The molecule has 0 heterocycles. The van der Waals surface area contributed by atoms with E-state index in [1.165, 1.54) is 0 Å². The van der Waals surface area contributed by atoms with Crippen LogP contribution in [-0.2, 0) is 15.0 Å². The van der Waals surface area contributed by atoms with Crippen LogP contribution in [-0.4, -0.2) is 23.0 Å². The Bertz CT molecular complexity index is 920. The van der Waals surface area contributed by atoms with Gasteiger partial charge in [0.05, 0.1) is 5.41 Å². The summed E-state index contributed by atoms with van der Waals surface area (Å²) in [7, 11) is 0. The number of allylic oxidation sites excluding steroid dienone is 1. The summed E-state index contributed by atoms with van der Waals surface area (Å²) in [6, 6.07) is 28.8. The molecule has 164 valence electrons. The first-order valence-corrected chi connectivity index (χ1v) is 10.9. The average Bonchev–Trinajstić information content (AvgIpc) is 2.83. The van der Waals surface area contributed by atoms with Gasteiger partial charge in [0.1, 0.15) is 6.04 Å². The van der Waals surface area contributed by atoms with Crippen molar-refractivity contribution in [2.75, 3.05) is 0 Å². The van der Waals surface area contributed by atoms with E-state index in [-0.39, 0.29) is 12.3 Å². The van der Waals surface area contributed by atoms with Crippen LogP contribution in [0.15, 0.2) is 104 Å². The zero-order valence-corrected chi connectivity index (χ0v) is 18.1. The van der Waals surface area contributed by atoms with E-state index in [0.717, 1.165) is 16.7 Å². The highest BCUT2D eigenvalue weighted by Crippen LogP contribution is 2.42. The third kappa shape index (κ3) is 5.33. The van der Waals surface area contributed by atoms with Gasteiger partial charge in [0.15, 0.2) is 0 Å². The minimum atomic E-state index is -1.02. The van der Waals surface area contributed by atoms with Crippen molar-refractivity contribution in [3.8, 4) is 0 Å². The maximum atomic E-state index is 13.3. The SMILES string of the molecule is C=CCCC[C@H](NC(=O)CC(c1ccccc1)(c1ccccc1)c1ccccc1)C(=O)O. The molecular weight excluding hydrogens is 398 g/mol. The molecule has 4 nitrogen and oxygen atoms in total. The lowest BCUT2D eigenvalue weighted by molar-refractivity contribution is -0.142. The standard InChI is InChI=1S/C28H29NO3/c1-2-3-7-20-25(27(31)32)29-26(30)21-28(22-14-8-4-9-15-22,23-16-10-5-11-17-23)24-18-12-6-13-19-24/h2,4-6,8-19,25H,1,3,7,20-21H2,(H,29,30)(H,31,32)/t25-/m0/s1. The van der Waals surface area contributed by atoms with Gasteiger partial charge >= 0.3 is 5.97 Å². The highest BCUT2D eigenvalue weighted by Gasteiger charge is 2.39. The van der Waals surface area contributed by atoms with Crippen molar-refractivity contribution in [3.63, 3.8) is 0 Å². The third-order valence-corrected chi connectivity index (χ3v) is 5.76. The number of hydrogen-bond acceptors (Lipinski definition) is 2. The number of carbonyl (C=O) groups excluding carboxylic acids is 1. The van der Waals surface area contributed by atoms with Gasteiger partial charge in [0.25, 0.3) is 0 Å². The molecule has 0 spiro atoms. The van der Waals surface area contributed by atoms with Crippen LogP contribution in [0.3, 0.4) is 0 Å². The zero-order chi connectivity index (χ0) is 22.8. The molecule has 1 amide bonds. The van der Waals surface area contributed by atoms with Crippen LogP contribution >= 0.6 is 0 Å². The molecule has 0 aromatic heterocycles. The smallest absolute Gasteiger partial charge is 0.326 e. The molecule has 0 bridgehead atoms. The number of carboxylic acids is 1. The fraction of sp³-hybridized carbons (Fsp3) is 0.214. The normalized spacial score (nSPS) is 12.0. The van der Waals surface area contributed by atoms with Gasteiger partial charge in [-0.25, -0.2) is 4.79 Å². The molecule has 0 unspecified atom stereocenters. The number of unbranched alkanes of at least 4 members (excludes halogenated alkanes) is 1. The van der Waals surface area contributed by atoms with E-state index in [1.807, 2.05) is 91.0 Å². The number of rotatable bonds is 11. The molecule has 0 fully saturated rings. The predicted octanol–water partition coefficient (Wildman–Crippen LogP) is 5.34. The number of carbonyl (C=O) groups is 2. The number of aliphatic carboxylic acids is 1. The van der Waals surface area contributed by atoms with Gasteiger partial charge < -0.3 is 10.4 Å². The maximum absolute atomic E-state index is 13.3. The first-order chi connectivity index (χ1) is 15.6. The van der Waals surface area contributed by atoms with Gasteiger partial charge in [-0.3, -0.25) is 4.79 Å². The summed E-state index contributed by atoms with van der Waals surface area (Å²) in [5.41, 5.74) is 2.18. The molecule has 3 aromatic rings. The first kappa shape index (κ1) is 23.0. The second kappa shape index (κ2) is 11.1. The van der Waals surface area contributed by atoms with E-state index in [9.17, 15) is 14.7 Å². The Balaban J connectivity index is 2.04. The van der Waals surface area contributed by atoms with Gasteiger partial charge in [0.2, 0.25) is 5.91 Å². The van der Waals surface area contributed by atoms with Gasteiger partial charge in [-0.15, -0.1) is 6.58 Å². The molecule has 0 radical (unpaired) electrons. The summed E-state index contributed by atoms with van der Waals surface area (Å²) in [6.45, 7) is 3.68. The molecule has 3 aromatic carbocycles. The topological polar surface area (TPSA) is 66.4 Å². The lowest BCUT2D eigenvalue weighted by atomic mass is 9.67. The first-order valence-electron chi connectivity index (χ1n) is 10.9. The van der Waals surface area contributed by atoms with Crippen LogP contribution in [0.5, 0.6) is 0 Å². The Kier molecular flexibility index (Phi) is 7.98. The molecule has 0 saturated carbocycles. The summed E-state index contributed by atoms with van der Waals surface area (Å²) < 4.78 is 0. The Morgan fingerprint density at radius 2 is 1.28 bits per heavy atom. The number of hydrogen-bond donors (Lipinski definition) is 2. The fourth-order valence-corrected chi connectivity index (χ4v) is 4.18. The van der Waals surface area contributed by atoms with Crippen LogP contribution in [0.2, 0.25) is 0 Å². The van der Waals surface area contributed by atoms with E-state index in [2.05, 4.69) is 11.9 Å². The van der Waals surface area contributed by atoms with Gasteiger partial charge in [-0.05, 0) is 36.0 Å². The van der Waals surface area contributed by atoms with Crippen LogP contribution < -0.4 is 5.32 Å². The molecule has 4 heteroatoms. The Labute approximate surface area is 189 Å². The molecule has 2 N–H and O–H groups in total. The second-order valence-corrected chi connectivity index (χ2v) is 7.86. The minimum absolute atomic E-state index is 0.0935. The lowest BCUT2D eigenvalue weighted by Gasteiger charge is -2.36. The van der Waals surface area contributed by atoms with Crippen molar-refractivity contribution in [1.82, 2.24) is 5.32 Å². The molecule has 32 heavy (non-hydrogen) atoms. The zero-order valence-electron chi connectivity index (χ0n) is 18.1. The number of nitrogens with one attached hydrogen (secondary N) is 1. The Hall–Kier alpha value is -3.66. The summed E-state index contributed by atoms with van der Waals surface area (Å²) in [5.74, 6) is -1.32. The fourth-order valence-electron chi connectivity index (χ4n) is 4.18. The summed E-state index contributed by atoms with van der Waals surface area (Å²) in [4.78, 5) is 25.1. The Morgan fingerprint density at radius 1 is 0.844 bits per heavy atom. The summed E-state index contributed by atoms with van der Waals surface area (Å²) in [5, 5.41) is 12.4. The van der Waals surface area contributed by atoms with E-state index in [1.54, 1.807) is 6.08 Å². The quantitative estimate of drug-likeness (QED) is 0.247. The third-order valence-electron chi connectivity index (χ3n) is 5.76. The van der Waals surface area contributed by atoms with Crippen molar-refractivity contribution in [1.29, 1.82) is 0 Å². The van der Waals surface area contributed by atoms with E-state index in [0.29, 0.717) is 19.3 Å². The average molecular weight is 428 g/mol. The largest absolute Gasteiger partial charge is 0.480 e. The minimum Gasteiger partial charge on any atom is -0.480 e. The van der Waals surface area contributed by atoms with Crippen LogP contribution in [0.4, 0.5) is 0 Å². The molecular formula is C28H29NO3. The second-order valence-electron chi connectivity index (χ2n) is 7.86. The van der Waals surface area contributed by atoms with E-state index < -0.39 is 17.4 Å². The van der Waals surface area contributed by atoms with Crippen LogP contribution in [0.1, 0.15) is 42.4 Å². The van der Waals surface area contributed by atoms with Gasteiger partial charge in [-0.2, -0.15) is 0 Å². The molecule has 0 saturated heterocycles. The van der Waals surface area contributed by atoms with Crippen LogP contribution in [0.25, 0.3) is 0 Å². The molecule has 0 aliphatic rings. The number of amides is 1. The molecule has 3 rings (SSSR count). The van der Waals surface area contributed by atoms with Crippen molar-refractivity contribution in [2.24, 2.45) is 0 Å². The molecule has 0 aliphatic carbocycles. The van der Waals surface area contributed by atoms with Gasteiger partial charge in [0, 0.05) is 6.42 Å². The monoisotopic (exact) mass is 427 g/mol. The van der Waals surface area contributed by atoms with Crippen molar-refractivity contribution < 1.29 is 14.7 Å². The number of benzene rings is 3. The van der Waals surface area contributed by atoms with Crippen molar-refractivity contribution in [2.45, 2.75) is 37.1 Å². The summed E-state index contributed by atoms with van der Waals surface area (Å²) in [6.07, 6.45) is 3.58. The lowest BCUT2D eigenvalue weighted by Crippen LogP contribution is -2.44. The van der Waals surface area contributed by atoms with Crippen molar-refractivity contribution in [3.05, 3.63) is 120 Å².